The van der Waals surface area contributed by atoms with Gasteiger partial charge in [0.2, 0.25) is 0 Å². The van der Waals surface area contributed by atoms with Gasteiger partial charge in [-0.25, -0.2) is 4.79 Å². The number of benzene rings is 1. The molecule has 0 unspecified atom stereocenters. The number of aromatic amines is 1. The molecule has 9 heteroatoms. The molecule has 0 radical (unpaired) electrons. The van der Waals surface area contributed by atoms with Crippen molar-refractivity contribution < 1.29 is 14.3 Å². The van der Waals surface area contributed by atoms with Crippen molar-refractivity contribution in [3.8, 4) is 0 Å². The predicted octanol–water partition coefficient (Wildman–Crippen LogP) is 1.10. The van der Waals surface area contributed by atoms with Crippen molar-refractivity contribution in [2.75, 3.05) is 20.2 Å². The first-order valence-electron chi connectivity index (χ1n) is 10.1. The lowest BCUT2D eigenvalue weighted by Crippen LogP contribution is -2.40. The molecule has 3 heterocycles. The number of hydrogen-bond acceptors (Lipinski definition) is 5. The number of likely N-dealkylation sites (tertiary alicyclic amines) is 1. The number of piperidine rings is 1. The summed E-state index contributed by atoms with van der Waals surface area (Å²) >= 11 is 0. The molecule has 3 aromatic rings. The first-order valence-corrected chi connectivity index (χ1v) is 10.1. The number of ether oxygens (including phenoxy) is 1. The second-order valence-electron chi connectivity index (χ2n) is 7.77. The van der Waals surface area contributed by atoms with E-state index in [1.165, 1.54) is 7.11 Å². The molecule has 1 fully saturated rings. The van der Waals surface area contributed by atoms with Crippen molar-refractivity contribution in [1.29, 1.82) is 0 Å². The third-order valence-corrected chi connectivity index (χ3v) is 5.84. The van der Waals surface area contributed by atoms with Crippen LogP contribution in [-0.4, -0.2) is 51.1 Å². The Morgan fingerprint density at radius 3 is 2.45 bits per heavy atom. The summed E-state index contributed by atoms with van der Waals surface area (Å²) in [6, 6.07) is 9.23. The minimum atomic E-state index is -0.564. The maximum absolute atomic E-state index is 13.1. The van der Waals surface area contributed by atoms with Crippen molar-refractivity contribution in [3.63, 3.8) is 0 Å². The molecule has 31 heavy (non-hydrogen) atoms. The number of H-pyrrole nitrogens is 1. The Labute approximate surface area is 177 Å². The zero-order valence-electron chi connectivity index (χ0n) is 17.5. The SMILES string of the molecule is COC(=O)C1CCN(C(=O)c2cn(C)c3c(=O)n(Cc4ccccc4)c(=O)[nH]c23)CC1. The van der Waals surface area contributed by atoms with Crippen molar-refractivity contribution >= 4 is 22.9 Å². The van der Waals surface area contributed by atoms with E-state index in [2.05, 4.69) is 4.98 Å². The van der Waals surface area contributed by atoms with Crippen LogP contribution in [0.25, 0.3) is 11.0 Å². The third kappa shape index (κ3) is 3.78. The molecule has 1 N–H and O–H groups in total. The smallest absolute Gasteiger partial charge is 0.329 e. The molecule has 9 nitrogen and oxygen atoms in total. The summed E-state index contributed by atoms with van der Waals surface area (Å²) < 4.78 is 7.49. The lowest BCUT2D eigenvalue weighted by Gasteiger charge is -2.30. The number of methoxy groups -OCH3 is 1. The van der Waals surface area contributed by atoms with Gasteiger partial charge in [-0.05, 0) is 18.4 Å². The molecule has 4 rings (SSSR count). The van der Waals surface area contributed by atoms with Gasteiger partial charge in [0, 0.05) is 26.3 Å². The van der Waals surface area contributed by atoms with Gasteiger partial charge in [0.05, 0.1) is 30.7 Å². The van der Waals surface area contributed by atoms with Gasteiger partial charge in [-0.15, -0.1) is 0 Å². The van der Waals surface area contributed by atoms with Gasteiger partial charge >= 0.3 is 11.7 Å². The molecule has 0 aliphatic carbocycles. The van der Waals surface area contributed by atoms with Crippen molar-refractivity contribution in [2.45, 2.75) is 19.4 Å². The van der Waals surface area contributed by atoms with Crippen LogP contribution in [0.15, 0.2) is 46.1 Å². The van der Waals surface area contributed by atoms with Gasteiger partial charge in [-0.2, -0.15) is 0 Å². The molecule has 0 atom stereocenters. The van der Waals surface area contributed by atoms with E-state index >= 15 is 0 Å². The number of aryl methyl sites for hydroxylation is 1. The average Bonchev–Trinajstić information content (AvgIpc) is 3.12. The van der Waals surface area contributed by atoms with E-state index in [-0.39, 0.29) is 40.9 Å². The van der Waals surface area contributed by atoms with Crippen LogP contribution < -0.4 is 11.2 Å². The van der Waals surface area contributed by atoms with Gasteiger partial charge in [0.25, 0.3) is 11.5 Å². The first-order chi connectivity index (χ1) is 14.9. The summed E-state index contributed by atoms with van der Waals surface area (Å²) in [5, 5.41) is 0. The molecular formula is C22H24N4O5. The molecule has 1 aliphatic rings. The van der Waals surface area contributed by atoms with Crippen molar-refractivity contribution in [3.05, 3.63) is 68.5 Å². The minimum Gasteiger partial charge on any atom is -0.469 e. The number of fused-ring (bicyclic) bond motifs is 1. The van der Waals surface area contributed by atoms with Crippen LogP contribution >= 0.6 is 0 Å². The monoisotopic (exact) mass is 424 g/mol. The number of amides is 1. The Bertz CT molecular complexity index is 1250. The molecule has 1 aromatic carbocycles. The molecule has 1 aliphatic heterocycles. The van der Waals surface area contributed by atoms with Crippen LogP contribution in [0.1, 0.15) is 28.8 Å². The summed E-state index contributed by atoms with van der Waals surface area (Å²) in [5.74, 6) is -0.753. The number of hydrogen-bond donors (Lipinski definition) is 1. The largest absolute Gasteiger partial charge is 0.469 e. The fourth-order valence-corrected chi connectivity index (χ4v) is 4.13. The van der Waals surface area contributed by atoms with Gasteiger partial charge in [0.1, 0.15) is 5.52 Å². The Kier molecular flexibility index (Phi) is 5.50. The van der Waals surface area contributed by atoms with Gasteiger partial charge in [0.15, 0.2) is 0 Å². The van der Waals surface area contributed by atoms with E-state index in [1.807, 2.05) is 30.3 Å². The molecular weight excluding hydrogens is 400 g/mol. The van der Waals surface area contributed by atoms with E-state index < -0.39 is 11.2 Å². The Morgan fingerprint density at radius 1 is 1.13 bits per heavy atom. The summed E-state index contributed by atoms with van der Waals surface area (Å²) in [6.45, 7) is 0.953. The lowest BCUT2D eigenvalue weighted by atomic mass is 9.96. The standard InChI is InChI=1S/C22H24N4O5/c1-24-13-16(19(27)25-10-8-15(9-11-25)21(29)31-2)17-18(24)20(28)26(22(30)23-17)12-14-6-4-3-5-7-14/h3-7,13,15H,8-12H2,1-2H3,(H,23,30). The van der Waals surface area contributed by atoms with E-state index in [4.69, 9.17) is 4.74 Å². The Hall–Kier alpha value is -3.62. The molecule has 0 spiro atoms. The maximum Gasteiger partial charge on any atom is 0.329 e. The van der Waals surface area contributed by atoms with Gasteiger partial charge < -0.3 is 19.2 Å². The molecule has 1 saturated heterocycles. The number of nitrogens with zero attached hydrogens (tertiary/aromatic N) is 3. The van der Waals surface area contributed by atoms with Gasteiger partial charge in [-0.1, -0.05) is 30.3 Å². The number of aromatic nitrogens is 3. The highest BCUT2D eigenvalue weighted by atomic mass is 16.5. The third-order valence-electron chi connectivity index (χ3n) is 5.84. The zero-order chi connectivity index (χ0) is 22.1. The fraction of sp³-hybridized carbons (Fsp3) is 0.364. The van der Waals surface area contributed by atoms with Crippen LogP contribution in [0.3, 0.4) is 0 Å². The number of rotatable bonds is 4. The van der Waals surface area contributed by atoms with Crippen LogP contribution in [-0.2, 0) is 23.1 Å². The summed E-state index contributed by atoms with van der Waals surface area (Å²) in [7, 11) is 3.03. The fourth-order valence-electron chi connectivity index (χ4n) is 4.13. The predicted molar refractivity (Wildman–Crippen MR) is 114 cm³/mol. The maximum atomic E-state index is 13.1. The molecule has 162 valence electrons. The molecule has 1 amide bonds. The second kappa shape index (κ2) is 8.25. The molecule has 2 aromatic heterocycles. The van der Waals surface area contributed by atoms with E-state index in [0.29, 0.717) is 25.9 Å². The van der Waals surface area contributed by atoms with Gasteiger partial charge in [-0.3, -0.25) is 19.0 Å². The highest BCUT2D eigenvalue weighted by Crippen LogP contribution is 2.22. The topological polar surface area (TPSA) is 106 Å². The van der Waals surface area contributed by atoms with Crippen LogP contribution in [0.2, 0.25) is 0 Å². The average molecular weight is 424 g/mol. The summed E-state index contributed by atoms with van der Waals surface area (Å²) in [5.41, 5.74) is 0.591. The van der Waals surface area contributed by atoms with Crippen LogP contribution in [0, 0.1) is 5.92 Å². The van der Waals surface area contributed by atoms with Crippen LogP contribution in [0.4, 0.5) is 0 Å². The number of esters is 1. The number of carbonyl (C=O) groups excluding carboxylic acids is 2. The second-order valence-corrected chi connectivity index (χ2v) is 7.77. The van der Waals surface area contributed by atoms with Crippen molar-refractivity contribution in [2.24, 2.45) is 13.0 Å². The summed E-state index contributed by atoms with van der Waals surface area (Å²) in [6.07, 6.45) is 2.61. The Morgan fingerprint density at radius 2 is 1.81 bits per heavy atom. The minimum absolute atomic E-state index is 0.139. The van der Waals surface area contributed by atoms with E-state index in [0.717, 1.165) is 10.1 Å². The highest BCUT2D eigenvalue weighted by Gasteiger charge is 2.30. The molecule has 0 saturated carbocycles. The number of carbonyl (C=O) groups is 2. The molecule has 0 bridgehead atoms. The lowest BCUT2D eigenvalue weighted by molar-refractivity contribution is -0.146. The van der Waals surface area contributed by atoms with E-state index in [1.54, 1.807) is 22.7 Å². The van der Waals surface area contributed by atoms with E-state index in [9.17, 15) is 19.2 Å². The first kappa shape index (κ1) is 20.6. The number of nitrogens with one attached hydrogen (secondary N) is 1. The summed E-state index contributed by atoms with van der Waals surface area (Å²) in [4.78, 5) is 55.0. The van der Waals surface area contributed by atoms with Crippen molar-refractivity contribution in [1.82, 2.24) is 19.0 Å². The van der Waals surface area contributed by atoms with Crippen LogP contribution in [0.5, 0.6) is 0 Å². The normalized spacial score (nSPS) is 14.7. The Balaban J connectivity index is 1.66. The zero-order valence-corrected chi connectivity index (χ0v) is 17.5. The quantitative estimate of drug-likeness (QED) is 0.632. The highest BCUT2D eigenvalue weighted by molar-refractivity contribution is 6.05.